The number of benzene rings is 2. The second kappa shape index (κ2) is 8.15. The smallest absolute Gasteiger partial charge is 0.259 e. The topological polar surface area (TPSA) is 54.9 Å². The highest BCUT2D eigenvalue weighted by atomic mass is 32.2. The van der Waals surface area contributed by atoms with Crippen LogP contribution in [0.15, 0.2) is 70.6 Å². The Morgan fingerprint density at radius 2 is 1.73 bits per heavy atom. The Bertz CT molecular complexity index is 910. The summed E-state index contributed by atoms with van der Waals surface area (Å²) in [6, 6.07) is 17.9. The summed E-state index contributed by atoms with van der Waals surface area (Å²) < 4.78 is 0. The van der Waals surface area contributed by atoms with Gasteiger partial charge in [-0.05, 0) is 31.2 Å². The maximum atomic E-state index is 12.7. The predicted molar refractivity (Wildman–Crippen MR) is 106 cm³/mol. The van der Waals surface area contributed by atoms with Gasteiger partial charge in [0, 0.05) is 21.9 Å². The Morgan fingerprint density at radius 1 is 1.04 bits per heavy atom. The molecule has 1 N–H and O–H groups in total. The van der Waals surface area contributed by atoms with Crippen LogP contribution in [0.5, 0.6) is 0 Å². The van der Waals surface area contributed by atoms with Gasteiger partial charge < -0.3 is 5.32 Å². The lowest BCUT2D eigenvalue weighted by atomic mass is 10.1. The molecule has 5 heteroatoms. The van der Waals surface area contributed by atoms with E-state index in [0.717, 1.165) is 21.3 Å². The molecule has 0 atom stereocenters. The van der Waals surface area contributed by atoms with Gasteiger partial charge in [-0.3, -0.25) is 4.79 Å². The van der Waals surface area contributed by atoms with Gasteiger partial charge >= 0.3 is 0 Å². The molecule has 0 aliphatic heterocycles. The number of nitrogens with one attached hydrogen (secondary N) is 1. The molecule has 0 bridgehead atoms. The molecule has 0 spiro atoms. The van der Waals surface area contributed by atoms with E-state index < -0.39 is 0 Å². The van der Waals surface area contributed by atoms with Crippen molar-refractivity contribution in [1.29, 1.82) is 0 Å². The quantitative estimate of drug-likeness (QED) is 0.667. The average Bonchev–Trinajstić information content (AvgIpc) is 2.64. The number of aromatic nitrogens is 2. The molecule has 0 aliphatic rings. The largest absolute Gasteiger partial charge is 0.321 e. The summed E-state index contributed by atoms with van der Waals surface area (Å²) in [6.45, 7) is 5.91. The Hall–Kier alpha value is -2.66. The van der Waals surface area contributed by atoms with E-state index in [1.165, 1.54) is 0 Å². The van der Waals surface area contributed by atoms with Gasteiger partial charge in [0.2, 0.25) is 0 Å². The van der Waals surface area contributed by atoms with Crippen molar-refractivity contribution < 1.29 is 4.79 Å². The van der Waals surface area contributed by atoms with Gasteiger partial charge in [0.15, 0.2) is 0 Å². The molecular formula is C21H21N3OS. The zero-order chi connectivity index (χ0) is 18.5. The molecule has 3 rings (SSSR count). The maximum absolute atomic E-state index is 12.7. The van der Waals surface area contributed by atoms with Crippen LogP contribution in [0.2, 0.25) is 0 Å². The molecule has 0 saturated heterocycles. The zero-order valence-electron chi connectivity index (χ0n) is 15.1. The van der Waals surface area contributed by atoms with Crippen LogP contribution < -0.4 is 5.32 Å². The highest BCUT2D eigenvalue weighted by Gasteiger charge is 2.15. The molecule has 0 saturated carbocycles. The lowest BCUT2D eigenvalue weighted by Gasteiger charge is -2.12. The van der Waals surface area contributed by atoms with E-state index in [1.54, 1.807) is 18.0 Å². The van der Waals surface area contributed by atoms with Gasteiger partial charge in [-0.15, -0.1) is 0 Å². The molecule has 1 aromatic heterocycles. The molecule has 3 aromatic rings. The van der Waals surface area contributed by atoms with E-state index in [1.807, 2.05) is 75.4 Å². The number of aryl methyl sites for hydroxylation is 1. The van der Waals surface area contributed by atoms with Gasteiger partial charge in [-0.1, -0.05) is 55.9 Å². The summed E-state index contributed by atoms with van der Waals surface area (Å²) >= 11 is 1.62. The summed E-state index contributed by atoms with van der Waals surface area (Å²) in [4.78, 5) is 23.6. The second-order valence-electron chi connectivity index (χ2n) is 6.25. The summed E-state index contributed by atoms with van der Waals surface area (Å²) in [5.74, 6) is 0.784. The number of carbonyl (C=O) groups excluding carboxylic acids is 1. The van der Waals surface area contributed by atoms with Gasteiger partial charge in [0.1, 0.15) is 5.82 Å². The van der Waals surface area contributed by atoms with Crippen LogP contribution in [0.3, 0.4) is 0 Å². The van der Waals surface area contributed by atoms with Crippen LogP contribution in [0.25, 0.3) is 0 Å². The number of hydrogen-bond donors (Lipinski definition) is 1. The number of para-hydroxylation sites is 1. The minimum absolute atomic E-state index is 0.195. The fourth-order valence-electron chi connectivity index (χ4n) is 2.45. The molecule has 1 amide bonds. The Labute approximate surface area is 158 Å². The molecule has 4 nitrogen and oxygen atoms in total. The predicted octanol–water partition coefficient (Wildman–Crippen LogP) is 5.31. The van der Waals surface area contributed by atoms with E-state index in [0.29, 0.717) is 11.3 Å². The molecule has 0 aliphatic carbocycles. The SMILES string of the molecule is Cc1nc(C(C)C)ncc1C(=O)Nc1ccccc1Sc1ccccc1. The van der Waals surface area contributed by atoms with Crippen LogP contribution in [0, 0.1) is 6.92 Å². The van der Waals surface area contributed by atoms with Crippen LogP contribution in [-0.2, 0) is 0 Å². The van der Waals surface area contributed by atoms with E-state index in [2.05, 4.69) is 15.3 Å². The van der Waals surface area contributed by atoms with Crippen molar-refractivity contribution in [3.63, 3.8) is 0 Å². The highest BCUT2D eigenvalue weighted by Crippen LogP contribution is 2.33. The number of rotatable bonds is 5. The third kappa shape index (κ3) is 4.29. The molecule has 0 unspecified atom stereocenters. The van der Waals surface area contributed by atoms with Crippen molar-refractivity contribution in [3.8, 4) is 0 Å². The van der Waals surface area contributed by atoms with Crippen molar-refractivity contribution in [2.75, 3.05) is 5.32 Å². The lowest BCUT2D eigenvalue weighted by molar-refractivity contribution is 0.102. The fourth-order valence-corrected chi connectivity index (χ4v) is 3.37. The van der Waals surface area contributed by atoms with Crippen molar-refractivity contribution in [2.45, 2.75) is 36.5 Å². The maximum Gasteiger partial charge on any atom is 0.259 e. The Balaban J connectivity index is 1.82. The normalized spacial score (nSPS) is 10.8. The first-order chi connectivity index (χ1) is 12.5. The summed E-state index contributed by atoms with van der Waals surface area (Å²) in [6.07, 6.45) is 1.61. The first kappa shape index (κ1) is 18.1. The molecule has 26 heavy (non-hydrogen) atoms. The van der Waals surface area contributed by atoms with Crippen LogP contribution in [0.1, 0.15) is 41.6 Å². The monoisotopic (exact) mass is 363 g/mol. The molecular weight excluding hydrogens is 342 g/mol. The van der Waals surface area contributed by atoms with Crippen molar-refractivity contribution >= 4 is 23.4 Å². The summed E-state index contributed by atoms with van der Waals surface area (Å²) in [7, 11) is 0. The standard InChI is InChI=1S/C21H21N3OS/c1-14(2)20-22-13-17(15(3)23-20)21(25)24-18-11-7-8-12-19(18)26-16-9-5-4-6-10-16/h4-14H,1-3H3,(H,24,25). The third-order valence-corrected chi connectivity index (χ3v) is 4.95. The third-order valence-electron chi connectivity index (χ3n) is 3.87. The molecule has 132 valence electrons. The molecule has 0 radical (unpaired) electrons. The molecule has 1 heterocycles. The summed E-state index contributed by atoms with van der Waals surface area (Å²) in [5, 5.41) is 3.00. The number of hydrogen-bond acceptors (Lipinski definition) is 4. The number of carbonyl (C=O) groups is 1. The van der Waals surface area contributed by atoms with Gasteiger partial charge in [0.25, 0.3) is 5.91 Å². The summed E-state index contributed by atoms with van der Waals surface area (Å²) in [5.41, 5.74) is 1.96. The van der Waals surface area contributed by atoms with E-state index in [4.69, 9.17) is 0 Å². The van der Waals surface area contributed by atoms with Crippen LogP contribution in [-0.4, -0.2) is 15.9 Å². The fraction of sp³-hybridized carbons (Fsp3) is 0.190. The highest BCUT2D eigenvalue weighted by molar-refractivity contribution is 7.99. The second-order valence-corrected chi connectivity index (χ2v) is 7.36. The van der Waals surface area contributed by atoms with Gasteiger partial charge in [-0.25, -0.2) is 9.97 Å². The van der Waals surface area contributed by atoms with Crippen molar-refractivity contribution in [1.82, 2.24) is 9.97 Å². The van der Waals surface area contributed by atoms with Gasteiger partial charge in [0.05, 0.1) is 16.9 Å². The van der Waals surface area contributed by atoms with Gasteiger partial charge in [-0.2, -0.15) is 0 Å². The van der Waals surface area contributed by atoms with Crippen LogP contribution >= 0.6 is 11.8 Å². The van der Waals surface area contributed by atoms with E-state index in [-0.39, 0.29) is 11.8 Å². The minimum atomic E-state index is -0.195. The first-order valence-corrected chi connectivity index (χ1v) is 9.33. The van der Waals surface area contributed by atoms with Crippen LogP contribution in [0.4, 0.5) is 5.69 Å². The molecule has 0 fully saturated rings. The Kier molecular flexibility index (Phi) is 5.68. The lowest BCUT2D eigenvalue weighted by Crippen LogP contribution is -2.16. The minimum Gasteiger partial charge on any atom is -0.321 e. The molecule has 2 aromatic carbocycles. The van der Waals surface area contributed by atoms with E-state index >= 15 is 0 Å². The van der Waals surface area contributed by atoms with Crippen molar-refractivity contribution in [2.24, 2.45) is 0 Å². The zero-order valence-corrected chi connectivity index (χ0v) is 15.9. The number of anilines is 1. The average molecular weight is 363 g/mol. The number of amides is 1. The first-order valence-electron chi connectivity index (χ1n) is 8.51. The Morgan fingerprint density at radius 3 is 2.42 bits per heavy atom. The van der Waals surface area contributed by atoms with Crippen molar-refractivity contribution in [3.05, 3.63) is 77.9 Å². The van der Waals surface area contributed by atoms with E-state index in [9.17, 15) is 4.79 Å². The number of nitrogens with zero attached hydrogens (tertiary/aromatic N) is 2.